The Morgan fingerprint density at radius 2 is 1.72 bits per heavy atom. The molecule has 2 aromatic carbocycles. The molecule has 3 rings (SSSR count). The molecule has 0 atom stereocenters. The standard InChI is InChI=1S/C22H25FN4O4S/c1-5-26(6-2)32(30,31)19-14-16(12-13-18(19)23)21(28)24-20-15(3)25(4)27(22(20)29)17-10-8-7-9-11-17/h7-14H,5-6H2,1-4H3,(H,24,28). The third kappa shape index (κ3) is 4.11. The van der Waals surface area contributed by atoms with E-state index < -0.39 is 32.2 Å². The maximum absolute atomic E-state index is 14.4. The molecule has 0 aliphatic carbocycles. The number of anilines is 1. The van der Waals surface area contributed by atoms with E-state index in [9.17, 15) is 22.4 Å². The van der Waals surface area contributed by atoms with E-state index in [1.807, 2.05) is 6.07 Å². The number of hydrogen-bond donors (Lipinski definition) is 1. The minimum atomic E-state index is -4.11. The van der Waals surface area contributed by atoms with E-state index in [4.69, 9.17) is 0 Å². The van der Waals surface area contributed by atoms with Crippen LogP contribution in [0.2, 0.25) is 0 Å². The number of carbonyl (C=O) groups is 1. The summed E-state index contributed by atoms with van der Waals surface area (Å²) in [5.41, 5.74) is 0.663. The number of para-hydroxylation sites is 1. The minimum absolute atomic E-state index is 0.0545. The molecule has 8 nitrogen and oxygen atoms in total. The molecule has 0 radical (unpaired) electrons. The molecule has 0 saturated carbocycles. The fraction of sp³-hybridized carbons (Fsp3) is 0.273. The average molecular weight is 461 g/mol. The van der Waals surface area contributed by atoms with Crippen molar-refractivity contribution in [2.45, 2.75) is 25.7 Å². The lowest BCUT2D eigenvalue weighted by Gasteiger charge is -2.19. The highest BCUT2D eigenvalue weighted by Gasteiger charge is 2.27. The Labute approximate surface area is 185 Å². The highest BCUT2D eigenvalue weighted by Crippen LogP contribution is 2.22. The lowest BCUT2D eigenvalue weighted by Crippen LogP contribution is -2.31. The van der Waals surface area contributed by atoms with E-state index >= 15 is 0 Å². The molecule has 1 N–H and O–H groups in total. The number of rotatable bonds is 7. The average Bonchev–Trinajstić information content (AvgIpc) is 2.98. The van der Waals surface area contributed by atoms with Gasteiger partial charge in [-0.15, -0.1) is 0 Å². The molecule has 0 aliphatic heterocycles. The molecule has 0 saturated heterocycles. The van der Waals surface area contributed by atoms with Crippen LogP contribution < -0.4 is 10.9 Å². The van der Waals surface area contributed by atoms with Gasteiger partial charge in [0.25, 0.3) is 11.5 Å². The number of carbonyl (C=O) groups excluding carboxylic acids is 1. The number of sulfonamides is 1. The van der Waals surface area contributed by atoms with Crippen LogP contribution in [0.25, 0.3) is 5.69 Å². The van der Waals surface area contributed by atoms with Gasteiger partial charge < -0.3 is 5.32 Å². The highest BCUT2D eigenvalue weighted by molar-refractivity contribution is 7.89. The van der Waals surface area contributed by atoms with E-state index in [0.717, 1.165) is 16.4 Å². The van der Waals surface area contributed by atoms with Crippen molar-refractivity contribution in [2.75, 3.05) is 18.4 Å². The van der Waals surface area contributed by atoms with Crippen LogP contribution in [0.5, 0.6) is 0 Å². The first-order chi connectivity index (χ1) is 15.1. The Bertz CT molecular complexity index is 1310. The quantitative estimate of drug-likeness (QED) is 0.587. The number of nitrogens with zero attached hydrogens (tertiary/aromatic N) is 3. The SMILES string of the molecule is CCN(CC)S(=O)(=O)c1cc(C(=O)Nc2c(C)n(C)n(-c3ccccc3)c2=O)ccc1F. The van der Waals surface area contributed by atoms with Crippen LogP contribution in [-0.2, 0) is 17.1 Å². The topological polar surface area (TPSA) is 93.4 Å². The third-order valence-electron chi connectivity index (χ3n) is 5.31. The Balaban J connectivity index is 2.00. The molecule has 0 aliphatic rings. The summed E-state index contributed by atoms with van der Waals surface area (Å²) in [4.78, 5) is 25.3. The van der Waals surface area contributed by atoms with E-state index in [2.05, 4.69) is 5.32 Å². The normalized spacial score (nSPS) is 11.7. The fourth-order valence-corrected chi connectivity index (χ4v) is 4.99. The van der Waals surface area contributed by atoms with Gasteiger partial charge in [0.1, 0.15) is 16.4 Å². The molecular weight excluding hydrogens is 435 g/mol. The second-order valence-electron chi connectivity index (χ2n) is 7.13. The summed E-state index contributed by atoms with van der Waals surface area (Å²) in [6.07, 6.45) is 0. The van der Waals surface area contributed by atoms with Crippen LogP contribution in [0, 0.1) is 12.7 Å². The highest BCUT2D eigenvalue weighted by atomic mass is 32.2. The third-order valence-corrected chi connectivity index (χ3v) is 7.37. The maximum Gasteiger partial charge on any atom is 0.295 e. The van der Waals surface area contributed by atoms with Crippen LogP contribution in [0.15, 0.2) is 58.2 Å². The molecule has 1 heterocycles. The molecule has 1 amide bonds. The van der Waals surface area contributed by atoms with Crippen molar-refractivity contribution in [1.29, 1.82) is 0 Å². The second-order valence-corrected chi connectivity index (χ2v) is 9.03. The van der Waals surface area contributed by atoms with Gasteiger partial charge in [0.05, 0.1) is 11.4 Å². The van der Waals surface area contributed by atoms with E-state index in [0.29, 0.717) is 11.4 Å². The van der Waals surface area contributed by atoms with Gasteiger partial charge in [0, 0.05) is 25.7 Å². The Morgan fingerprint density at radius 1 is 1.09 bits per heavy atom. The zero-order valence-corrected chi connectivity index (χ0v) is 19.1. The molecule has 1 aromatic heterocycles. The second kappa shape index (κ2) is 9.09. The smallest absolute Gasteiger partial charge is 0.295 e. The molecule has 32 heavy (non-hydrogen) atoms. The predicted octanol–water partition coefficient (Wildman–Crippen LogP) is 2.91. The zero-order valence-electron chi connectivity index (χ0n) is 18.3. The summed E-state index contributed by atoms with van der Waals surface area (Å²) in [5, 5.41) is 2.56. The van der Waals surface area contributed by atoms with Crippen LogP contribution in [0.1, 0.15) is 29.9 Å². The Hall–Kier alpha value is -3.24. The van der Waals surface area contributed by atoms with Gasteiger partial charge in [-0.05, 0) is 37.3 Å². The van der Waals surface area contributed by atoms with Crippen molar-refractivity contribution in [3.05, 3.63) is 76.0 Å². The van der Waals surface area contributed by atoms with Crippen molar-refractivity contribution in [3.8, 4) is 5.69 Å². The Morgan fingerprint density at radius 3 is 2.31 bits per heavy atom. The number of halogens is 1. The Kier molecular flexibility index (Phi) is 6.65. The van der Waals surface area contributed by atoms with Crippen molar-refractivity contribution in [3.63, 3.8) is 0 Å². The lowest BCUT2D eigenvalue weighted by molar-refractivity contribution is 0.102. The fourth-order valence-electron chi connectivity index (χ4n) is 3.44. The van der Waals surface area contributed by atoms with Gasteiger partial charge in [-0.25, -0.2) is 17.5 Å². The zero-order chi connectivity index (χ0) is 23.6. The summed E-state index contributed by atoms with van der Waals surface area (Å²) in [7, 11) is -2.42. The first-order valence-corrected chi connectivity index (χ1v) is 11.5. The molecule has 0 fully saturated rings. The number of aromatic nitrogens is 2. The van der Waals surface area contributed by atoms with Gasteiger partial charge in [-0.2, -0.15) is 4.31 Å². The van der Waals surface area contributed by atoms with Crippen molar-refractivity contribution < 1.29 is 17.6 Å². The molecule has 0 unspecified atom stereocenters. The molecule has 0 spiro atoms. The molecular formula is C22H25FN4O4S. The van der Waals surface area contributed by atoms with Crippen LogP contribution in [-0.4, -0.2) is 41.1 Å². The van der Waals surface area contributed by atoms with Gasteiger partial charge in [0.2, 0.25) is 10.0 Å². The number of benzene rings is 2. The summed E-state index contributed by atoms with van der Waals surface area (Å²) >= 11 is 0. The number of hydrogen-bond acceptors (Lipinski definition) is 4. The summed E-state index contributed by atoms with van der Waals surface area (Å²) in [6.45, 7) is 5.29. The minimum Gasteiger partial charge on any atom is -0.316 e. The van der Waals surface area contributed by atoms with E-state index in [-0.39, 0.29) is 24.3 Å². The van der Waals surface area contributed by atoms with Crippen molar-refractivity contribution in [2.24, 2.45) is 7.05 Å². The maximum atomic E-state index is 14.4. The molecule has 170 valence electrons. The molecule has 10 heteroatoms. The van der Waals surface area contributed by atoms with Crippen LogP contribution in [0.3, 0.4) is 0 Å². The summed E-state index contributed by atoms with van der Waals surface area (Å²) in [6, 6.07) is 12.0. The van der Waals surface area contributed by atoms with Crippen molar-refractivity contribution >= 4 is 21.6 Å². The van der Waals surface area contributed by atoms with Gasteiger partial charge in [-0.3, -0.25) is 14.3 Å². The predicted molar refractivity (Wildman–Crippen MR) is 120 cm³/mol. The van der Waals surface area contributed by atoms with E-state index in [1.165, 1.54) is 10.7 Å². The lowest BCUT2D eigenvalue weighted by atomic mass is 10.2. The summed E-state index contributed by atoms with van der Waals surface area (Å²) < 4.78 is 44.0. The van der Waals surface area contributed by atoms with E-state index in [1.54, 1.807) is 56.8 Å². The number of amides is 1. The summed E-state index contributed by atoms with van der Waals surface area (Å²) in [5.74, 6) is -1.66. The van der Waals surface area contributed by atoms with Crippen molar-refractivity contribution in [1.82, 2.24) is 13.7 Å². The van der Waals surface area contributed by atoms with Gasteiger partial charge in [0.15, 0.2) is 0 Å². The van der Waals surface area contributed by atoms with Crippen LogP contribution in [0.4, 0.5) is 10.1 Å². The molecule has 0 bridgehead atoms. The van der Waals surface area contributed by atoms with Gasteiger partial charge in [-0.1, -0.05) is 32.0 Å². The van der Waals surface area contributed by atoms with Gasteiger partial charge >= 0.3 is 0 Å². The largest absolute Gasteiger partial charge is 0.316 e. The first-order valence-electron chi connectivity index (χ1n) is 10.1. The molecule has 3 aromatic rings. The number of nitrogens with one attached hydrogen (secondary N) is 1. The monoisotopic (exact) mass is 460 g/mol. The first kappa shape index (κ1) is 23.4. The van der Waals surface area contributed by atoms with Crippen LogP contribution >= 0.6 is 0 Å².